The number of pyridine rings is 1. The molecule has 4 aromatic rings. The van der Waals surface area contributed by atoms with Crippen molar-refractivity contribution in [2.45, 2.75) is 23.7 Å². The van der Waals surface area contributed by atoms with Crippen molar-refractivity contribution >= 4 is 29.0 Å². The van der Waals surface area contributed by atoms with Crippen molar-refractivity contribution in [3.05, 3.63) is 84.8 Å². The van der Waals surface area contributed by atoms with Crippen molar-refractivity contribution in [3.63, 3.8) is 0 Å². The van der Waals surface area contributed by atoms with Gasteiger partial charge >= 0.3 is 0 Å². The number of nitrogens with zero attached hydrogens (tertiary/aromatic N) is 2. The fraction of sp³-hybridized carbons (Fsp3) is 0.167. The van der Waals surface area contributed by atoms with Crippen LogP contribution in [0.2, 0.25) is 0 Å². The first-order valence-corrected chi connectivity index (χ1v) is 10.8. The molecule has 2 heterocycles. The third-order valence-corrected chi connectivity index (χ3v) is 5.76. The van der Waals surface area contributed by atoms with Crippen molar-refractivity contribution in [3.8, 4) is 11.5 Å². The van der Waals surface area contributed by atoms with Gasteiger partial charge in [0.15, 0.2) is 0 Å². The summed E-state index contributed by atoms with van der Waals surface area (Å²) >= 11 is 1.49. The molecule has 0 fully saturated rings. The van der Waals surface area contributed by atoms with Crippen LogP contribution in [-0.4, -0.2) is 27.7 Å². The Morgan fingerprint density at radius 3 is 2.71 bits per heavy atom. The lowest BCUT2D eigenvalue weighted by Gasteiger charge is -2.13. The predicted octanol–water partition coefficient (Wildman–Crippen LogP) is 5.04. The van der Waals surface area contributed by atoms with E-state index in [1.54, 1.807) is 7.11 Å². The van der Waals surface area contributed by atoms with Gasteiger partial charge in [-0.25, -0.2) is 4.98 Å². The van der Waals surface area contributed by atoms with E-state index >= 15 is 0 Å². The number of imidazole rings is 1. The molecule has 1 atom stereocenters. The second-order valence-electron chi connectivity index (χ2n) is 6.94. The molecular weight excluding hydrogens is 410 g/mol. The monoisotopic (exact) mass is 433 g/mol. The molecule has 31 heavy (non-hydrogen) atoms. The van der Waals surface area contributed by atoms with Gasteiger partial charge in [-0.05, 0) is 55.5 Å². The molecule has 0 saturated carbocycles. The van der Waals surface area contributed by atoms with Crippen LogP contribution >= 0.6 is 11.8 Å². The number of hydrogen-bond acceptors (Lipinski definition) is 5. The highest BCUT2D eigenvalue weighted by Gasteiger charge is 2.15. The van der Waals surface area contributed by atoms with E-state index in [0.717, 1.165) is 22.0 Å². The van der Waals surface area contributed by atoms with Gasteiger partial charge in [-0.1, -0.05) is 12.1 Å². The summed E-state index contributed by atoms with van der Waals surface area (Å²) in [6.07, 6.45) is 3.89. The second kappa shape index (κ2) is 9.57. The molecule has 1 N–H and O–H groups in total. The van der Waals surface area contributed by atoms with E-state index in [-0.39, 0.29) is 11.2 Å². The zero-order chi connectivity index (χ0) is 21.6. The lowest BCUT2D eigenvalue weighted by atomic mass is 10.3. The minimum Gasteiger partial charge on any atom is -0.497 e. The first-order chi connectivity index (χ1) is 15.1. The molecule has 0 radical (unpaired) electrons. The van der Waals surface area contributed by atoms with E-state index in [0.29, 0.717) is 18.0 Å². The van der Waals surface area contributed by atoms with Crippen molar-refractivity contribution in [2.75, 3.05) is 12.4 Å². The summed E-state index contributed by atoms with van der Waals surface area (Å²) in [7, 11) is 1.63. The van der Waals surface area contributed by atoms with Gasteiger partial charge in [0.2, 0.25) is 5.91 Å². The van der Waals surface area contributed by atoms with E-state index in [9.17, 15) is 4.79 Å². The summed E-state index contributed by atoms with van der Waals surface area (Å²) in [5.74, 6) is 1.39. The highest BCUT2D eigenvalue weighted by molar-refractivity contribution is 8.00. The molecule has 1 amide bonds. The number of hydrogen-bond donors (Lipinski definition) is 1. The molecule has 2 aromatic heterocycles. The van der Waals surface area contributed by atoms with Gasteiger partial charge in [0.1, 0.15) is 23.8 Å². The van der Waals surface area contributed by atoms with Gasteiger partial charge in [-0.2, -0.15) is 0 Å². The molecule has 4 rings (SSSR count). The van der Waals surface area contributed by atoms with Crippen LogP contribution in [0.1, 0.15) is 12.6 Å². The summed E-state index contributed by atoms with van der Waals surface area (Å²) in [6.45, 7) is 2.23. The summed E-state index contributed by atoms with van der Waals surface area (Å²) in [5, 5.41) is 2.71. The molecule has 0 bridgehead atoms. The fourth-order valence-electron chi connectivity index (χ4n) is 3.03. The Kier molecular flexibility index (Phi) is 6.43. The van der Waals surface area contributed by atoms with Crippen LogP contribution in [0.5, 0.6) is 11.5 Å². The van der Waals surface area contributed by atoms with Gasteiger partial charge in [0.25, 0.3) is 0 Å². The molecule has 2 aromatic carbocycles. The van der Waals surface area contributed by atoms with E-state index in [1.165, 1.54) is 11.8 Å². The Hall–Kier alpha value is -3.45. The third kappa shape index (κ3) is 5.38. The van der Waals surface area contributed by atoms with Crippen LogP contribution in [0.3, 0.4) is 0 Å². The van der Waals surface area contributed by atoms with E-state index < -0.39 is 0 Å². The maximum absolute atomic E-state index is 12.6. The molecule has 0 aliphatic rings. The molecule has 6 nitrogen and oxygen atoms in total. The fourth-order valence-corrected chi connectivity index (χ4v) is 3.90. The van der Waals surface area contributed by atoms with Crippen molar-refractivity contribution in [2.24, 2.45) is 0 Å². The average molecular weight is 434 g/mol. The molecule has 0 saturated heterocycles. The number of methoxy groups -OCH3 is 1. The number of thioether (sulfide) groups is 1. The van der Waals surface area contributed by atoms with E-state index in [2.05, 4.69) is 10.3 Å². The molecule has 7 heteroatoms. The Morgan fingerprint density at radius 1 is 1.10 bits per heavy atom. The number of nitrogens with one attached hydrogen (secondary N) is 1. The van der Waals surface area contributed by atoms with Gasteiger partial charge in [-0.3, -0.25) is 4.79 Å². The summed E-state index contributed by atoms with van der Waals surface area (Å²) < 4.78 is 13.0. The molecule has 0 aliphatic heterocycles. The first kappa shape index (κ1) is 20.8. The van der Waals surface area contributed by atoms with Gasteiger partial charge in [-0.15, -0.1) is 11.8 Å². The second-order valence-corrected chi connectivity index (χ2v) is 8.35. The number of ether oxygens (including phenoxy) is 2. The maximum Gasteiger partial charge on any atom is 0.237 e. The number of amides is 1. The lowest BCUT2D eigenvalue weighted by Crippen LogP contribution is -2.22. The van der Waals surface area contributed by atoms with Crippen molar-refractivity contribution < 1.29 is 14.3 Å². The van der Waals surface area contributed by atoms with Gasteiger partial charge in [0, 0.05) is 29.0 Å². The standard InChI is InChI=1S/C24H23N3O3S/c1-17(31-22-11-9-20(29-2)10-12-22)24(28)26-18-6-5-7-21(14-18)30-16-19-15-27-13-4-3-8-23(27)25-19/h3-15,17H,16H2,1-2H3,(H,26,28). The molecule has 1 unspecified atom stereocenters. The Bertz CT molecular complexity index is 1140. The Morgan fingerprint density at radius 2 is 1.94 bits per heavy atom. The SMILES string of the molecule is COc1ccc(SC(C)C(=O)Nc2cccc(OCc3cn4ccccc4n3)c2)cc1. The smallest absolute Gasteiger partial charge is 0.237 e. The van der Waals surface area contributed by atoms with Crippen LogP contribution < -0.4 is 14.8 Å². The van der Waals surface area contributed by atoms with Gasteiger partial charge < -0.3 is 19.2 Å². The largest absolute Gasteiger partial charge is 0.497 e. The maximum atomic E-state index is 12.6. The Labute approximate surface area is 185 Å². The van der Waals surface area contributed by atoms with Crippen LogP contribution in [0.15, 0.2) is 84.0 Å². The molecule has 0 spiro atoms. The summed E-state index contributed by atoms with van der Waals surface area (Å²) in [4.78, 5) is 18.2. The zero-order valence-electron chi connectivity index (χ0n) is 17.3. The highest BCUT2D eigenvalue weighted by Crippen LogP contribution is 2.27. The normalized spacial score (nSPS) is 11.8. The first-order valence-electron chi connectivity index (χ1n) is 9.88. The topological polar surface area (TPSA) is 64.9 Å². The minimum absolute atomic E-state index is 0.0710. The molecule has 158 valence electrons. The number of aromatic nitrogens is 2. The van der Waals surface area contributed by atoms with Crippen molar-refractivity contribution in [1.29, 1.82) is 0 Å². The third-order valence-electron chi connectivity index (χ3n) is 4.64. The van der Waals surface area contributed by atoms with Gasteiger partial charge in [0.05, 0.1) is 18.1 Å². The minimum atomic E-state index is -0.254. The number of anilines is 1. The van der Waals surface area contributed by atoms with Crippen LogP contribution in [-0.2, 0) is 11.4 Å². The number of rotatable bonds is 8. The molecular formula is C24H23N3O3S. The number of carbonyl (C=O) groups excluding carboxylic acids is 1. The van der Waals surface area contributed by atoms with Crippen molar-refractivity contribution in [1.82, 2.24) is 9.38 Å². The number of fused-ring (bicyclic) bond motifs is 1. The lowest BCUT2D eigenvalue weighted by molar-refractivity contribution is -0.115. The van der Waals surface area contributed by atoms with Crippen LogP contribution in [0.25, 0.3) is 5.65 Å². The van der Waals surface area contributed by atoms with E-state index in [4.69, 9.17) is 9.47 Å². The zero-order valence-corrected chi connectivity index (χ0v) is 18.1. The average Bonchev–Trinajstić information content (AvgIpc) is 3.21. The van der Waals surface area contributed by atoms with Crippen LogP contribution in [0.4, 0.5) is 5.69 Å². The number of benzene rings is 2. The predicted molar refractivity (Wildman–Crippen MR) is 123 cm³/mol. The molecule has 0 aliphatic carbocycles. The quantitative estimate of drug-likeness (QED) is 0.394. The summed E-state index contributed by atoms with van der Waals surface area (Å²) in [5.41, 5.74) is 2.41. The van der Waals surface area contributed by atoms with E-state index in [1.807, 2.05) is 90.4 Å². The van der Waals surface area contributed by atoms with Crippen LogP contribution in [0, 0.1) is 0 Å². The highest BCUT2D eigenvalue weighted by atomic mass is 32.2. The number of carbonyl (C=O) groups is 1. The summed E-state index contributed by atoms with van der Waals surface area (Å²) in [6, 6.07) is 20.9. The Balaban J connectivity index is 1.34.